The number of nitrogens with one attached hydrogen (secondary N) is 1. The van der Waals surface area contributed by atoms with E-state index in [1.165, 1.54) is 0 Å². The predicted octanol–water partition coefficient (Wildman–Crippen LogP) is 3.69. The van der Waals surface area contributed by atoms with Crippen LogP contribution in [0.4, 0.5) is 0 Å². The van der Waals surface area contributed by atoms with E-state index in [1.54, 1.807) is 19.2 Å². The average Bonchev–Trinajstić information content (AvgIpc) is 2.68. The molecular weight excluding hydrogens is 338 g/mol. The number of nitrogens with zero attached hydrogens (tertiary/aromatic N) is 2. The van der Waals surface area contributed by atoms with Crippen LogP contribution in [0.5, 0.6) is 5.75 Å². The number of hydrogen-bond acceptors (Lipinski definition) is 4. The standard InChI is InChI=1S/C22H27N3O2/c1-17(16-25(2)3)21(15-12-18-10-13-20(27-4)14-11-18)23-24-22(26)19-8-6-5-7-9-19/h5-15,17H,16H2,1-4H3,(H,24,26)/b15-12-,23-21+/t17-/m0/s1. The first-order valence-electron chi connectivity index (χ1n) is 8.89. The van der Waals surface area contributed by atoms with Crippen LogP contribution in [0.25, 0.3) is 6.08 Å². The van der Waals surface area contributed by atoms with E-state index in [9.17, 15) is 4.79 Å². The first kappa shape index (κ1) is 20.4. The lowest BCUT2D eigenvalue weighted by molar-refractivity contribution is 0.0954. The Bertz CT molecular complexity index is 781. The minimum absolute atomic E-state index is 0.158. The van der Waals surface area contributed by atoms with Gasteiger partial charge < -0.3 is 9.64 Å². The van der Waals surface area contributed by atoms with E-state index in [2.05, 4.69) is 22.4 Å². The van der Waals surface area contributed by atoms with Gasteiger partial charge in [-0.25, -0.2) is 5.43 Å². The second-order valence-corrected chi connectivity index (χ2v) is 6.61. The van der Waals surface area contributed by atoms with Crippen molar-refractivity contribution in [3.8, 4) is 5.75 Å². The molecule has 0 saturated carbocycles. The zero-order valence-corrected chi connectivity index (χ0v) is 16.3. The highest BCUT2D eigenvalue weighted by Gasteiger charge is 2.11. The van der Waals surface area contributed by atoms with Crippen LogP contribution in [0.1, 0.15) is 22.8 Å². The quantitative estimate of drug-likeness (QED) is 0.573. The van der Waals surface area contributed by atoms with Crippen molar-refractivity contribution in [1.82, 2.24) is 10.3 Å². The Morgan fingerprint density at radius 1 is 1.15 bits per heavy atom. The molecule has 2 aromatic carbocycles. The van der Waals surface area contributed by atoms with Gasteiger partial charge in [0.1, 0.15) is 5.75 Å². The Hall–Kier alpha value is -2.92. The van der Waals surface area contributed by atoms with Crippen LogP contribution in [0.3, 0.4) is 0 Å². The Morgan fingerprint density at radius 3 is 2.41 bits per heavy atom. The summed E-state index contributed by atoms with van der Waals surface area (Å²) >= 11 is 0. The second-order valence-electron chi connectivity index (χ2n) is 6.61. The van der Waals surface area contributed by atoms with E-state index >= 15 is 0 Å². The van der Waals surface area contributed by atoms with Crippen LogP contribution >= 0.6 is 0 Å². The summed E-state index contributed by atoms with van der Waals surface area (Å²) in [6, 6.07) is 16.9. The molecule has 0 spiro atoms. The van der Waals surface area contributed by atoms with Gasteiger partial charge in [-0.2, -0.15) is 5.10 Å². The molecule has 0 fully saturated rings. The number of methoxy groups -OCH3 is 1. The summed E-state index contributed by atoms with van der Waals surface area (Å²) in [5.41, 5.74) is 5.10. The summed E-state index contributed by atoms with van der Waals surface area (Å²) in [4.78, 5) is 14.4. The van der Waals surface area contributed by atoms with Crippen LogP contribution in [0.15, 0.2) is 65.8 Å². The molecule has 0 aliphatic carbocycles. The number of benzene rings is 2. The molecule has 0 heterocycles. The lowest BCUT2D eigenvalue weighted by Gasteiger charge is -2.17. The number of amides is 1. The zero-order valence-electron chi connectivity index (χ0n) is 16.3. The third kappa shape index (κ3) is 6.72. The van der Waals surface area contributed by atoms with Crippen LogP contribution < -0.4 is 10.2 Å². The number of rotatable bonds is 8. The summed E-state index contributed by atoms with van der Waals surface area (Å²) in [5.74, 6) is 0.755. The highest BCUT2D eigenvalue weighted by atomic mass is 16.5. The minimum Gasteiger partial charge on any atom is -0.497 e. The van der Waals surface area contributed by atoms with Crippen molar-refractivity contribution in [3.05, 3.63) is 71.8 Å². The Labute approximate surface area is 161 Å². The molecule has 0 unspecified atom stereocenters. The number of carbonyl (C=O) groups excluding carboxylic acids is 1. The number of allylic oxidation sites excluding steroid dienone is 1. The van der Waals surface area contributed by atoms with Crippen molar-refractivity contribution in [2.24, 2.45) is 11.0 Å². The number of hydrogen-bond donors (Lipinski definition) is 1. The van der Waals surface area contributed by atoms with E-state index in [0.717, 1.165) is 23.6 Å². The van der Waals surface area contributed by atoms with Crippen LogP contribution in [-0.2, 0) is 0 Å². The van der Waals surface area contributed by atoms with E-state index < -0.39 is 0 Å². The summed E-state index contributed by atoms with van der Waals surface area (Å²) in [6.45, 7) is 2.92. The third-order valence-corrected chi connectivity index (χ3v) is 4.03. The normalized spacial score (nSPS) is 13.0. The van der Waals surface area contributed by atoms with Gasteiger partial charge in [0.05, 0.1) is 12.8 Å². The summed E-state index contributed by atoms with van der Waals surface area (Å²) in [7, 11) is 5.68. The van der Waals surface area contributed by atoms with Gasteiger partial charge in [0, 0.05) is 18.0 Å². The molecule has 1 atom stereocenters. The van der Waals surface area contributed by atoms with Gasteiger partial charge in [0.15, 0.2) is 0 Å². The van der Waals surface area contributed by atoms with E-state index in [-0.39, 0.29) is 11.8 Å². The maximum absolute atomic E-state index is 12.3. The fourth-order valence-electron chi connectivity index (χ4n) is 2.62. The van der Waals surface area contributed by atoms with Crippen LogP contribution in [-0.4, -0.2) is 44.3 Å². The number of hydrazone groups is 1. The van der Waals surface area contributed by atoms with E-state index in [1.807, 2.05) is 68.7 Å². The summed E-state index contributed by atoms with van der Waals surface area (Å²) in [6.07, 6.45) is 3.93. The van der Waals surface area contributed by atoms with E-state index in [4.69, 9.17) is 4.74 Å². The number of carbonyl (C=O) groups is 1. The van der Waals surface area contributed by atoms with Crippen molar-refractivity contribution in [2.75, 3.05) is 27.7 Å². The van der Waals surface area contributed by atoms with Gasteiger partial charge in [0.2, 0.25) is 0 Å². The van der Waals surface area contributed by atoms with Crippen molar-refractivity contribution < 1.29 is 9.53 Å². The van der Waals surface area contributed by atoms with Crippen molar-refractivity contribution >= 4 is 17.7 Å². The van der Waals surface area contributed by atoms with Gasteiger partial charge in [-0.15, -0.1) is 0 Å². The molecule has 5 nitrogen and oxygen atoms in total. The van der Waals surface area contributed by atoms with E-state index in [0.29, 0.717) is 5.56 Å². The molecule has 27 heavy (non-hydrogen) atoms. The molecule has 0 aliphatic heterocycles. The Kier molecular flexibility index (Phi) is 7.77. The van der Waals surface area contributed by atoms with Gasteiger partial charge in [-0.05, 0) is 50.0 Å². The molecule has 1 amide bonds. The minimum atomic E-state index is -0.219. The molecule has 5 heteroatoms. The lowest BCUT2D eigenvalue weighted by atomic mass is 10.0. The molecule has 0 bridgehead atoms. The highest BCUT2D eigenvalue weighted by molar-refractivity contribution is 6.01. The van der Waals surface area contributed by atoms with Gasteiger partial charge >= 0.3 is 0 Å². The monoisotopic (exact) mass is 365 g/mol. The fraction of sp³-hybridized carbons (Fsp3) is 0.273. The molecule has 1 N–H and O–H groups in total. The molecule has 0 saturated heterocycles. The summed E-state index contributed by atoms with van der Waals surface area (Å²) < 4.78 is 5.18. The Balaban J connectivity index is 2.16. The average molecular weight is 365 g/mol. The molecule has 2 rings (SSSR count). The molecular formula is C22H27N3O2. The maximum Gasteiger partial charge on any atom is 0.271 e. The molecule has 0 aromatic heterocycles. The summed E-state index contributed by atoms with van der Waals surface area (Å²) in [5, 5.41) is 4.38. The predicted molar refractivity (Wildman–Crippen MR) is 111 cm³/mol. The van der Waals surface area contributed by atoms with Crippen LogP contribution in [0, 0.1) is 5.92 Å². The molecule has 0 radical (unpaired) electrons. The largest absolute Gasteiger partial charge is 0.497 e. The molecule has 142 valence electrons. The molecule has 2 aromatic rings. The van der Waals surface area contributed by atoms with Gasteiger partial charge in [-0.1, -0.05) is 43.3 Å². The Morgan fingerprint density at radius 2 is 1.81 bits per heavy atom. The van der Waals surface area contributed by atoms with Gasteiger partial charge in [-0.3, -0.25) is 4.79 Å². The second kappa shape index (κ2) is 10.3. The maximum atomic E-state index is 12.3. The topological polar surface area (TPSA) is 53.9 Å². The molecule has 0 aliphatic rings. The third-order valence-electron chi connectivity index (χ3n) is 4.03. The van der Waals surface area contributed by atoms with Gasteiger partial charge in [0.25, 0.3) is 5.91 Å². The van der Waals surface area contributed by atoms with Crippen molar-refractivity contribution in [2.45, 2.75) is 6.92 Å². The lowest BCUT2D eigenvalue weighted by Crippen LogP contribution is -2.27. The van der Waals surface area contributed by atoms with Crippen molar-refractivity contribution in [3.63, 3.8) is 0 Å². The first-order valence-corrected chi connectivity index (χ1v) is 8.89. The van der Waals surface area contributed by atoms with Crippen LogP contribution in [0.2, 0.25) is 0 Å². The smallest absolute Gasteiger partial charge is 0.271 e. The highest BCUT2D eigenvalue weighted by Crippen LogP contribution is 2.13. The fourth-order valence-corrected chi connectivity index (χ4v) is 2.62. The number of ether oxygens (including phenoxy) is 1. The zero-order chi connectivity index (χ0) is 19.6. The first-order chi connectivity index (χ1) is 13.0. The van der Waals surface area contributed by atoms with Crippen molar-refractivity contribution in [1.29, 1.82) is 0 Å². The SMILES string of the molecule is COc1ccc(/C=C\C(=N/NC(=O)c2ccccc2)[C@@H](C)CN(C)C)cc1.